The predicted molar refractivity (Wildman–Crippen MR) is 110 cm³/mol. The fourth-order valence-corrected chi connectivity index (χ4v) is 4.24. The maximum Gasteiger partial charge on any atom is 0.251 e. The number of fused-ring (bicyclic) bond motifs is 1. The van der Waals surface area contributed by atoms with Gasteiger partial charge in [0.05, 0.1) is 13.2 Å². The molecule has 3 rings (SSSR count). The summed E-state index contributed by atoms with van der Waals surface area (Å²) >= 11 is 0. The fraction of sp³-hybridized carbons (Fsp3) is 0.591. The van der Waals surface area contributed by atoms with Crippen molar-refractivity contribution in [3.8, 4) is 0 Å². The summed E-state index contributed by atoms with van der Waals surface area (Å²) in [5.41, 5.74) is 4.19. The molecule has 1 aromatic carbocycles. The Kier molecular flexibility index (Phi) is 6.55. The van der Waals surface area contributed by atoms with Crippen LogP contribution in [0.5, 0.6) is 0 Å². The zero-order valence-corrected chi connectivity index (χ0v) is 17.1. The molecule has 0 spiro atoms. The molecule has 0 bridgehead atoms. The first-order chi connectivity index (χ1) is 13.0. The summed E-state index contributed by atoms with van der Waals surface area (Å²) in [6, 6.07) is 6.29. The average Bonchev–Trinajstić information content (AvgIpc) is 2.99. The second-order valence-electron chi connectivity index (χ2n) is 7.64. The highest BCUT2D eigenvalue weighted by atomic mass is 16.5. The molecule has 27 heavy (non-hydrogen) atoms. The first kappa shape index (κ1) is 19.9. The van der Waals surface area contributed by atoms with E-state index in [-0.39, 0.29) is 5.91 Å². The third kappa shape index (κ3) is 4.36. The summed E-state index contributed by atoms with van der Waals surface area (Å²) in [5.74, 6) is 0.597. The van der Waals surface area contributed by atoms with Crippen molar-refractivity contribution in [2.75, 3.05) is 32.8 Å². The van der Waals surface area contributed by atoms with Crippen LogP contribution in [0.4, 0.5) is 0 Å². The van der Waals surface area contributed by atoms with Crippen LogP contribution in [-0.4, -0.2) is 54.7 Å². The molecule has 0 radical (unpaired) electrons. The highest BCUT2D eigenvalue weighted by Crippen LogP contribution is 2.23. The van der Waals surface area contributed by atoms with Gasteiger partial charge in [-0.05, 0) is 43.5 Å². The van der Waals surface area contributed by atoms with Gasteiger partial charge < -0.3 is 15.0 Å². The minimum Gasteiger partial charge on any atom is -0.379 e. The molecule has 1 saturated heterocycles. The summed E-state index contributed by atoms with van der Waals surface area (Å²) in [6.45, 7) is 12.8. The van der Waals surface area contributed by atoms with Crippen LogP contribution in [0.15, 0.2) is 18.2 Å². The van der Waals surface area contributed by atoms with Crippen LogP contribution in [0.2, 0.25) is 0 Å². The Hall–Kier alpha value is -1.85. The van der Waals surface area contributed by atoms with Gasteiger partial charge in [-0.15, -0.1) is 0 Å². The Balaban J connectivity index is 1.72. The Morgan fingerprint density at radius 1 is 1.22 bits per heavy atom. The minimum atomic E-state index is 0.0133. The zero-order valence-electron chi connectivity index (χ0n) is 17.1. The van der Waals surface area contributed by atoms with Crippen molar-refractivity contribution < 1.29 is 9.53 Å². The molecule has 0 aliphatic carbocycles. The molecular weight excluding hydrogens is 338 g/mol. The van der Waals surface area contributed by atoms with Crippen LogP contribution in [0.25, 0.3) is 10.9 Å². The lowest BCUT2D eigenvalue weighted by Crippen LogP contribution is -2.52. The number of hydrogen-bond acceptors (Lipinski definition) is 3. The monoisotopic (exact) mass is 371 g/mol. The number of benzene rings is 1. The predicted octanol–water partition coefficient (Wildman–Crippen LogP) is 3.65. The molecule has 0 saturated carbocycles. The maximum atomic E-state index is 12.8. The number of carbonyl (C=O) groups is 1. The van der Waals surface area contributed by atoms with E-state index in [1.54, 1.807) is 0 Å². The quantitative estimate of drug-likeness (QED) is 0.781. The van der Waals surface area contributed by atoms with Gasteiger partial charge in [0.1, 0.15) is 0 Å². The van der Waals surface area contributed by atoms with Crippen LogP contribution in [0.3, 0.4) is 0 Å². The van der Waals surface area contributed by atoms with Crippen molar-refractivity contribution >= 4 is 16.8 Å². The lowest BCUT2D eigenvalue weighted by molar-refractivity contribution is 0.00191. The summed E-state index contributed by atoms with van der Waals surface area (Å²) in [6.07, 6.45) is 2.25. The molecule has 1 atom stereocenters. The SMILES string of the molecule is CCC(CC)[C@@H](CNC(=O)c1ccc2[nH]c(C)c(C)c2c1)N1CCOCC1. The number of hydrogen-bond donors (Lipinski definition) is 2. The molecular formula is C22H33N3O2. The molecule has 2 aromatic rings. The van der Waals surface area contributed by atoms with Crippen molar-refractivity contribution in [3.05, 3.63) is 35.0 Å². The Morgan fingerprint density at radius 2 is 1.93 bits per heavy atom. The molecule has 1 amide bonds. The molecule has 1 aromatic heterocycles. The largest absolute Gasteiger partial charge is 0.379 e. The number of morpholine rings is 1. The van der Waals surface area contributed by atoms with E-state index in [4.69, 9.17) is 4.74 Å². The Bertz CT molecular complexity index is 773. The van der Waals surface area contributed by atoms with E-state index in [2.05, 4.69) is 42.9 Å². The topological polar surface area (TPSA) is 57.4 Å². The molecule has 148 valence electrons. The number of rotatable bonds is 7. The Morgan fingerprint density at radius 3 is 2.59 bits per heavy atom. The first-order valence-electron chi connectivity index (χ1n) is 10.2. The van der Waals surface area contributed by atoms with Crippen molar-refractivity contribution in [2.45, 2.75) is 46.6 Å². The number of aryl methyl sites for hydroxylation is 2. The van der Waals surface area contributed by atoms with Crippen molar-refractivity contribution in [1.29, 1.82) is 0 Å². The second kappa shape index (κ2) is 8.89. The lowest BCUT2D eigenvalue weighted by atomic mass is 9.92. The zero-order chi connectivity index (χ0) is 19.4. The first-order valence-corrected chi connectivity index (χ1v) is 10.2. The molecule has 5 heteroatoms. The van der Waals surface area contributed by atoms with Crippen LogP contribution >= 0.6 is 0 Å². The van der Waals surface area contributed by atoms with Gasteiger partial charge in [0.25, 0.3) is 5.91 Å². The van der Waals surface area contributed by atoms with Gasteiger partial charge in [0, 0.05) is 47.8 Å². The van der Waals surface area contributed by atoms with Gasteiger partial charge in [0.15, 0.2) is 0 Å². The summed E-state index contributed by atoms with van der Waals surface area (Å²) < 4.78 is 5.51. The van der Waals surface area contributed by atoms with E-state index in [9.17, 15) is 4.79 Å². The number of nitrogens with zero attached hydrogens (tertiary/aromatic N) is 1. The fourth-order valence-electron chi connectivity index (χ4n) is 4.24. The van der Waals surface area contributed by atoms with E-state index in [1.807, 2.05) is 18.2 Å². The maximum absolute atomic E-state index is 12.8. The highest BCUT2D eigenvalue weighted by molar-refractivity contribution is 5.99. The number of nitrogens with one attached hydrogen (secondary N) is 2. The van der Waals surface area contributed by atoms with Crippen molar-refractivity contribution in [2.24, 2.45) is 5.92 Å². The molecule has 1 aliphatic rings. The molecule has 2 N–H and O–H groups in total. The Labute approximate surface area is 162 Å². The minimum absolute atomic E-state index is 0.0133. The molecule has 1 fully saturated rings. The van der Waals surface area contributed by atoms with Gasteiger partial charge in [-0.1, -0.05) is 26.7 Å². The van der Waals surface area contributed by atoms with E-state index in [0.717, 1.165) is 61.3 Å². The lowest BCUT2D eigenvalue weighted by Gasteiger charge is -2.38. The molecule has 0 unspecified atom stereocenters. The summed E-state index contributed by atoms with van der Waals surface area (Å²) in [7, 11) is 0. The van der Waals surface area contributed by atoms with Gasteiger partial charge in [-0.25, -0.2) is 0 Å². The van der Waals surface area contributed by atoms with Gasteiger partial charge in [-0.2, -0.15) is 0 Å². The smallest absolute Gasteiger partial charge is 0.251 e. The van der Waals surface area contributed by atoms with E-state index in [1.165, 1.54) is 5.56 Å². The number of ether oxygens (including phenoxy) is 1. The summed E-state index contributed by atoms with van der Waals surface area (Å²) in [4.78, 5) is 18.7. The van der Waals surface area contributed by atoms with Crippen LogP contribution in [0, 0.1) is 19.8 Å². The van der Waals surface area contributed by atoms with Crippen LogP contribution in [-0.2, 0) is 4.74 Å². The van der Waals surface area contributed by atoms with E-state index >= 15 is 0 Å². The third-order valence-corrected chi connectivity index (χ3v) is 6.15. The standard InChI is InChI=1S/C22H33N3O2/c1-5-17(6-2)21(25-9-11-27-12-10-25)14-23-22(26)18-7-8-20-19(13-18)15(3)16(4)24-20/h7-8,13,17,21,24H,5-6,9-12,14H2,1-4H3,(H,23,26)/t21-/m1/s1. The van der Waals surface area contributed by atoms with E-state index in [0.29, 0.717) is 18.5 Å². The number of carbonyl (C=O) groups excluding carboxylic acids is 1. The average molecular weight is 372 g/mol. The van der Waals surface area contributed by atoms with Gasteiger partial charge in [-0.3, -0.25) is 9.69 Å². The van der Waals surface area contributed by atoms with Crippen LogP contribution in [0.1, 0.15) is 48.3 Å². The van der Waals surface area contributed by atoms with Gasteiger partial charge in [0.2, 0.25) is 0 Å². The highest BCUT2D eigenvalue weighted by Gasteiger charge is 2.27. The number of aromatic amines is 1. The van der Waals surface area contributed by atoms with Crippen molar-refractivity contribution in [3.63, 3.8) is 0 Å². The molecule has 1 aliphatic heterocycles. The number of H-pyrrole nitrogens is 1. The third-order valence-electron chi connectivity index (χ3n) is 6.15. The number of aromatic nitrogens is 1. The van der Waals surface area contributed by atoms with E-state index < -0.39 is 0 Å². The summed E-state index contributed by atoms with van der Waals surface area (Å²) in [5, 5.41) is 4.33. The van der Waals surface area contributed by atoms with Crippen molar-refractivity contribution in [1.82, 2.24) is 15.2 Å². The molecule has 2 heterocycles. The molecule has 5 nitrogen and oxygen atoms in total. The number of amides is 1. The normalized spacial score (nSPS) is 16.8. The second-order valence-corrected chi connectivity index (χ2v) is 7.64. The van der Waals surface area contributed by atoms with Crippen LogP contribution < -0.4 is 5.32 Å². The van der Waals surface area contributed by atoms with Gasteiger partial charge >= 0.3 is 0 Å².